The van der Waals surface area contributed by atoms with Gasteiger partial charge in [-0.25, -0.2) is 4.79 Å². The number of methoxy groups -OCH3 is 1. The van der Waals surface area contributed by atoms with E-state index in [1.54, 1.807) is 13.8 Å². The zero-order chi connectivity index (χ0) is 29.3. The van der Waals surface area contributed by atoms with Crippen molar-refractivity contribution in [3.8, 4) is 0 Å². The van der Waals surface area contributed by atoms with Crippen molar-refractivity contribution in [2.75, 3.05) is 13.7 Å². The van der Waals surface area contributed by atoms with Gasteiger partial charge in [0, 0.05) is 24.5 Å². The molecule has 0 aromatic heterocycles. The van der Waals surface area contributed by atoms with Crippen LogP contribution in [0.2, 0.25) is 0 Å². The Balaban J connectivity index is 1.21. The van der Waals surface area contributed by atoms with Crippen molar-refractivity contribution in [3.63, 3.8) is 0 Å². The first kappa shape index (κ1) is 28.3. The van der Waals surface area contributed by atoms with E-state index in [4.69, 9.17) is 23.7 Å². The molecule has 7 aliphatic rings. The Kier molecular flexibility index (Phi) is 6.25. The highest BCUT2D eigenvalue weighted by Gasteiger charge is 2.75. The minimum absolute atomic E-state index is 0.0643. The number of carbonyl (C=O) groups excluding carboxylic acids is 2. The van der Waals surface area contributed by atoms with Crippen LogP contribution in [0.15, 0.2) is 11.6 Å². The van der Waals surface area contributed by atoms with Gasteiger partial charge in [-0.05, 0) is 74.2 Å². The van der Waals surface area contributed by atoms with Gasteiger partial charge in [-0.3, -0.25) is 4.79 Å². The molecule has 41 heavy (non-hydrogen) atoms. The molecule has 4 saturated carbocycles. The van der Waals surface area contributed by atoms with Gasteiger partial charge in [-0.2, -0.15) is 0 Å². The average Bonchev–Trinajstić information content (AvgIpc) is 3.46. The van der Waals surface area contributed by atoms with Crippen LogP contribution in [0.4, 0.5) is 0 Å². The van der Waals surface area contributed by atoms with Gasteiger partial charge < -0.3 is 44.1 Å². The normalized spacial score (nSPS) is 58.0. The number of fused-ring (bicyclic) bond motifs is 7. The maximum atomic E-state index is 14.3. The molecular formula is C30H42O11. The van der Waals surface area contributed by atoms with E-state index in [0.29, 0.717) is 32.1 Å². The van der Waals surface area contributed by atoms with Crippen LogP contribution < -0.4 is 0 Å². The molecule has 4 N–H and O–H groups in total. The van der Waals surface area contributed by atoms with E-state index in [1.807, 2.05) is 6.92 Å². The number of ether oxygens (including phenoxy) is 5. The SMILES string of the molecule is COC1C(O)C(C)OC2OC3CC4CCC5C(C(=O)C(O)C6(C)C(C7=CC(=O)OC7)CCC56O)C4(C)CC3OC21O. The molecule has 6 fully saturated rings. The van der Waals surface area contributed by atoms with Crippen LogP contribution in [-0.4, -0.2) is 100 Å². The second-order valence-corrected chi connectivity index (χ2v) is 14.1. The van der Waals surface area contributed by atoms with Gasteiger partial charge in [0.05, 0.1) is 23.9 Å². The highest BCUT2D eigenvalue weighted by molar-refractivity contribution is 5.90. The molecule has 3 heterocycles. The quantitative estimate of drug-likeness (QED) is 0.268. The summed E-state index contributed by atoms with van der Waals surface area (Å²) in [5.41, 5.74) is -2.36. The van der Waals surface area contributed by atoms with E-state index >= 15 is 0 Å². The third-order valence-electron chi connectivity index (χ3n) is 12.6. The molecule has 228 valence electrons. The number of ketones is 1. The second kappa shape index (κ2) is 9.04. The number of aliphatic hydroxyl groups is 4. The summed E-state index contributed by atoms with van der Waals surface area (Å²) in [7, 11) is 1.39. The Morgan fingerprint density at radius 2 is 1.80 bits per heavy atom. The average molecular weight is 579 g/mol. The van der Waals surface area contributed by atoms with Gasteiger partial charge in [-0.1, -0.05) is 13.8 Å². The van der Waals surface area contributed by atoms with E-state index < -0.39 is 77.0 Å². The van der Waals surface area contributed by atoms with Crippen LogP contribution >= 0.6 is 0 Å². The standard InChI is InChI=1S/C30H42O11/c1-13-22(32)25(37-4)30(36)26(39-13)40-18-10-15-5-6-17-21(27(15,2)11-19(18)41-30)23(33)24(34)28(3)16(7-8-29(17,28)35)14-9-20(31)38-12-14/h9,13,15-19,21-22,24-26,32,34-36H,5-8,10-12H2,1-4H3. The zero-order valence-electron chi connectivity index (χ0n) is 24.0. The van der Waals surface area contributed by atoms with Gasteiger partial charge in [0.15, 0.2) is 5.78 Å². The molecule has 3 aliphatic heterocycles. The van der Waals surface area contributed by atoms with Gasteiger partial charge in [0.25, 0.3) is 0 Å². The molecule has 0 bridgehead atoms. The van der Waals surface area contributed by atoms with Gasteiger partial charge in [0.1, 0.15) is 24.9 Å². The smallest absolute Gasteiger partial charge is 0.331 e. The lowest BCUT2D eigenvalue weighted by atomic mass is 9.42. The first-order valence-electron chi connectivity index (χ1n) is 15.0. The van der Waals surface area contributed by atoms with Crippen LogP contribution in [0.5, 0.6) is 0 Å². The number of aliphatic hydroxyl groups excluding tert-OH is 2. The monoisotopic (exact) mass is 578 g/mol. The lowest BCUT2D eigenvalue weighted by molar-refractivity contribution is -0.470. The number of Topliss-reactive ketones (excluding diaryl/α,β-unsaturated/α-hetero) is 1. The van der Waals surface area contributed by atoms with E-state index in [9.17, 15) is 30.0 Å². The van der Waals surface area contributed by atoms with E-state index in [2.05, 4.69) is 0 Å². The van der Waals surface area contributed by atoms with Crippen LogP contribution in [-0.2, 0) is 33.3 Å². The fourth-order valence-corrected chi connectivity index (χ4v) is 10.4. The van der Waals surface area contributed by atoms with Gasteiger partial charge >= 0.3 is 5.97 Å². The summed E-state index contributed by atoms with van der Waals surface area (Å²) in [6.45, 7) is 5.65. The predicted octanol–water partition coefficient (Wildman–Crippen LogP) is 0.596. The number of carbonyl (C=O) groups is 2. The van der Waals surface area contributed by atoms with Crippen molar-refractivity contribution < 1.29 is 53.7 Å². The minimum Gasteiger partial charge on any atom is -0.458 e. The molecule has 7 rings (SSSR count). The van der Waals surface area contributed by atoms with E-state index in [-0.39, 0.29) is 30.1 Å². The Labute approximate surface area is 239 Å². The summed E-state index contributed by atoms with van der Waals surface area (Å²) in [5, 5.41) is 46.5. The lowest BCUT2D eigenvalue weighted by Crippen LogP contribution is -2.75. The number of hydrogen-bond acceptors (Lipinski definition) is 11. The first-order chi connectivity index (χ1) is 19.3. The maximum absolute atomic E-state index is 14.3. The molecule has 0 spiro atoms. The van der Waals surface area contributed by atoms with Crippen molar-refractivity contribution >= 4 is 11.8 Å². The summed E-state index contributed by atoms with van der Waals surface area (Å²) < 4.78 is 29.0. The highest BCUT2D eigenvalue weighted by Crippen LogP contribution is 2.69. The van der Waals surface area contributed by atoms with Crippen molar-refractivity contribution in [2.45, 2.75) is 114 Å². The Bertz CT molecular complexity index is 1170. The summed E-state index contributed by atoms with van der Waals surface area (Å²) in [6.07, 6.45) is -1.67. The molecule has 0 amide bonds. The first-order valence-corrected chi connectivity index (χ1v) is 15.0. The van der Waals surface area contributed by atoms with Crippen LogP contribution in [0.25, 0.3) is 0 Å². The highest BCUT2D eigenvalue weighted by atomic mass is 16.8. The molecule has 15 atom stereocenters. The number of rotatable bonds is 2. The number of esters is 1. The molecule has 4 aliphatic carbocycles. The molecule has 11 heteroatoms. The summed E-state index contributed by atoms with van der Waals surface area (Å²) >= 11 is 0. The van der Waals surface area contributed by atoms with Crippen molar-refractivity contribution in [1.29, 1.82) is 0 Å². The van der Waals surface area contributed by atoms with Crippen molar-refractivity contribution in [1.82, 2.24) is 0 Å². The minimum atomic E-state index is -2.04. The summed E-state index contributed by atoms with van der Waals surface area (Å²) in [4.78, 5) is 26.2. The fraction of sp³-hybridized carbons (Fsp3) is 0.867. The topological polar surface area (TPSA) is 161 Å². The summed E-state index contributed by atoms with van der Waals surface area (Å²) in [6, 6.07) is 0. The van der Waals surface area contributed by atoms with Gasteiger partial charge in [-0.15, -0.1) is 0 Å². The third-order valence-corrected chi connectivity index (χ3v) is 12.6. The summed E-state index contributed by atoms with van der Waals surface area (Å²) in [5.74, 6) is -4.03. The zero-order valence-corrected chi connectivity index (χ0v) is 24.0. The number of cyclic esters (lactones) is 1. The van der Waals surface area contributed by atoms with E-state index in [1.165, 1.54) is 13.2 Å². The second-order valence-electron chi connectivity index (χ2n) is 14.1. The van der Waals surface area contributed by atoms with E-state index in [0.717, 1.165) is 12.0 Å². The number of hydrogen-bond donors (Lipinski definition) is 4. The van der Waals surface area contributed by atoms with Crippen LogP contribution in [0.3, 0.4) is 0 Å². The molecule has 0 aromatic carbocycles. The molecule has 2 saturated heterocycles. The molecular weight excluding hydrogens is 536 g/mol. The maximum Gasteiger partial charge on any atom is 0.331 e. The lowest BCUT2D eigenvalue weighted by Gasteiger charge is -2.65. The van der Waals surface area contributed by atoms with Crippen molar-refractivity contribution in [3.05, 3.63) is 11.6 Å². The Morgan fingerprint density at radius 3 is 2.49 bits per heavy atom. The molecule has 0 aromatic rings. The van der Waals surface area contributed by atoms with Gasteiger partial charge in [0.2, 0.25) is 12.1 Å². The molecule has 11 nitrogen and oxygen atoms in total. The largest absolute Gasteiger partial charge is 0.458 e. The Hall–Kier alpha value is -1.44. The fourth-order valence-electron chi connectivity index (χ4n) is 10.4. The molecule has 15 unspecified atom stereocenters. The van der Waals surface area contributed by atoms with Crippen LogP contribution in [0, 0.1) is 34.5 Å². The Morgan fingerprint density at radius 1 is 1.05 bits per heavy atom. The van der Waals surface area contributed by atoms with Crippen molar-refractivity contribution in [2.24, 2.45) is 34.5 Å². The predicted molar refractivity (Wildman–Crippen MR) is 139 cm³/mol. The third kappa shape index (κ3) is 3.49. The van der Waals surface area contributed by atoms with Crippen LogP contribution in [0.1, 0.15) is 59.3 Å². The molecule has 0 radical (unpaired) electrons.